The highest BCUT2D eigenvalue weighted by Gasteiger charge is 2.24. The highest BCUT2D eigenvalue weighted by Crippen LogP contribution is 2.23. The molecule has 96 valence electrons. The molecule has 3 heteroatoms. The Balaban J connectivity index is 2.27. The van der Waals surface area contributed by atoms with Crippen molar-refractivity contribution in [3.8, 4) is 0 Å². The van der Waals surface area contributed by atoms with Gasteiger partial charge in [-0.2, -0.15) is 0 Å². The number of nitrogens with zero attached hydrogens (tertiary/aromatic N) is 1. The van der Waals surface area contributed by atoms with Crippen LogP contribution in [0.2, 0.25) is 0 Å². The first-order valence-corrected chi connectivity index (χ1v) is 6.90. The van der Waals surface area contributed by atoms with E-state index in [9.17, 15) is 0 Å². The average Bonchev–Trinajstić information content (AvgIpc) is 2.32. The van der Waals surface area contributed by atoms with Crippen molar-refractivity contribution >= 4 is 0 Å². The predicted molar refractivity (Wildman–Crippen MR) is 68.7 cm³/mol. The molecule has 1 aliphatic rings. The first kappa shape index (κ1) is 13.9. The summed E-state index contributed by atoms with van der Waals surface area (Å²) in [7, 11) is 0. The first-order valence-electron chi connectivity index (χ1n) is 6.90. The van der Waals surface area contributed by atoms with Gasteiger partial charge in [-0.15, -0.1) is 0 Å². The number of rotatable bonds is 7. The minimum absolute atomic E-state index is 0.323. The predicted octanol–water partition coefficient (Wildman–Crippen LogP) is 1.61. The van der Waals surface area contributed by atoms with E-state index in [1.165, 1.54) is 25.7 Å². The van der Waals surface area contributed by atoms with Gasteiger partial charge in [0.1, 0.15) is 0 Å². The Hall–Kier alpha value is -0.120. The van der Waals surface area contributed by atoms with Crippen LogP contribution in [0.1, 0.15) is 46.0 Å². The van der Waals surface area contributed by atoms with Crippen LogP contribution < -0.4 is 5.32 Å². The van der Waals surface area contributed by atoms with E-state index in [0.717, 1.165) is 38.1 Å². The number of aliphatic hydroxyl groups is 1. The van der Waals surface area contributed by atoms with Crippen molar-refractivity contribution in [1.29, 1.82) is 0 Å². The standard InChI is InChI=1S/C13H28N2O/c1-3-14-12-6-8-13(9-7-12)15(4-2)10-5-11-16/h12-14,16H,3-11H2,1-2H3. The minimum Gasteiger partial charge on any atom is -0.396 e. The molecule has 0 unspecified atom stereocenters. The lowest BCUT2D eigenvalue weighted by atomic mass is 9.90. The topological polar surface area (TPSA) is 35.5 Å². The molecule has 0 aromatic carbocycles. The first-order chi connectivity index (χ1) is 7.81. The van der Waals surface area contributed by atoms with E-state index >= 15 is 0 Å². The SMILES string of the molecule is CCNC1CCC(N(CC)CCCO)CC1. The molecule has 1 saturated carbocycles. The summed E-state index contributed by atoms with van der Waals surface area (Å²) in [5.74, 6) is 0. The van der Waals surface area contributed by atoms with Gasteiger partial charge in [-0.3, -0.25) is 0 Å². The summed E-state index contributed by atoms with van der Waals surface area (Å²) >= 11 is 0. The lowest BCUT2D eigenvalue weighted by Gasteiger charge is -2.36. The Labute approximate surface area is 100 Å². The zero-order valence-corrected chi connectivity index (χ0v) is 10.9. The van der Waals surface area contributed by atoms with Crippen molar-refractivity contribution in [3.05, 3.63) is 0 Å². The number of hydrogen-bond acceptors (Lipinski definition) is 3. The van der Waals surface area contributed by atoms with Gasteiger partial charge in [-0.25, -0.2) is 0 Å². The van der Waals surface area contributed by atoms with Crippen LogP contribution in [-0.2, 0) is 0 Å². The minimum atomic E-state index is 0.323. The molecule has 0 aromatic rings. The van der Waals surface area contributed by atoms with Gasteiger partial charge in [0, 0.05) is 25.2 Å². The van der Waals surface area contributed by atoms with Gasteiger partial charge >= 0.3 is 0 Å². The van der Waals surface area contributed by atoms with E-state index in [0.29, 0.717) is 6.61 Å². The van der Waals surface area contributed by atoms with Crippen molar-refractivity contribution in [2.75, 3.05) is 26.2 Å². The second-order valence-corrected chi connectivity index (χ2v) is 4.77. The van der Waals surface area contributed by atoms with Crippen LogP contribution in [0.5, 0.6) is 0 Å². The molecule has 0 aromatic heterocycles. The van der Waals surface area contributed by atoms with E-state index in [1.807, 2.05) is 0 Å². The molecule has 0 bridgehead atoms. The summed E-state index contributed by atoms with van der Waals surface area (Å²) in [6, 6.07) is 1.50. The Bertz CT molecular complexity index is 167. The second kappa shape index (κ2) is 8.04. The van der Waals surface area contributed by atoms with Gasteiger partial charge in [0.25, 0.3) is 0 Å². The van der Waals surface area contributed by atoms with Crippen LogP contribution in [0.3, 0.4) is 0 Å². The van der Waals surface area contributed by atoms with E-state index < -0.39 is 0 Å². The fourth-order valence-corrected chi connectivity index (χ4v) is 2.81. The summed E-state index contributed by atoms with van der Waals surface area (Å²) < 4.78 is 0. The fourth-order valence-electron chi connectivity index (χ4n) is 2.81. The molecule has 2 N–H and O–H groups in total. The maximum atomic E-state index is 8.88. The van der Waals surface area contributed by atoms with Gasteiger partial charge in [0.15, 0.2) is 0 Å². The van der Waals surface area contributed by atoms with Gasteiger partial charge in [-0.05, 0) is 45.2 Å². The van der Waals surface area contributed by atoms with Crippen molar-refractivity contribution in [2.24, 2.45) is 0 Å². The van der Waals surface area contributed by atoms with E-state index in [1.54, 1.807) is 0 Å². The summed E-state index contributed by atoms with van der Waals surface area (Å²) in [6.45, 7) is 8.01. The van der Waals surface area contributed by atoms with Crippen LogP contribution in [0.25, 0.3) is 0 Å². The molecular formula is C13H28N2O. The zero-order valence-electron chi connectivity index (χ0n) is 10.9. The molecule has 0 amide bonds. The maximum absolute atomic E-state index is 8.88. The van der Waals surface area contributed by atoms with Crippen LogP contribution in [0, 0.1) is 0 Å². The molecule has 0 radical (unpaired) electrons. The molecule has 1 fully saturated rings. The lowest BCUT2D eigenvalue weighted by molar-refractivity contribution is 0.138. The third kappa shape index (κ3) is 4.40. The molecule has 3 nitrogen and oxygen atoms in total. The molecule has 0 heterocycles. The fraction of sp³-hybridized carbons (Fsp3) is 1.00. The molecule has 1 aliphatic carbocycles. The summed E-state index contributed by atoms with van der Waals surface area (Å²) in [6.07, 6.45) is 6.18. The van der Waals surface area contributed by atoms with E-state index in [2.05, 4.69) is 24.1 Å². The van der Waals surface area contributed by atoms with Crippen molar-refractivity contribution < 1.29 is 5.11 Å². The highest BCUT2D eigenvalue weighted by atomic mass is 16.3. The number of hydrogen-bond donors (Lipinski definition) is 2. The average molecular weight is 228 g/mol. The van der Waals surface area contributed by atoms with Crippen LogP contribution in [-0.4, -0.2) is 48.3 Å². The molecule has 0 saturated heterocycles. The summed E-state index contributed by atoms with van der Waals surface area (Å²) in [4.78, 5) is 2.54. The third-order valence-corrected chi connectivity index (χ3v) is 3.72. The van der Waals surface area contributed by atoms with Gasteiger partial charge in [0.2, 0.25) is 0 Å². The van der Waals surface area contributed by atoms with Crippen molar-refractivity contribution in [1.82, 2.24) is 10.2 Å². The quantitative estimate of drug-likeness (QED) is 0.695. The summed E-state index contributed by atoms with van der Waals surface area (Å²) in [5.41, 5.74) is 0. The monoisotopic (exact) mass is 228 g/mol. The third-order valence-electron chi connectivity index (χ3n) is 3.72. The molecule has 1 rings (SSSR count). The second-order valence-electron chi connectivity index (χ2n) is 4.77. The molecule has 0 spiro atoms. The van der Waals surface area contributed by atoms with Crippen LogP contribution in [0.15, 0.2) is 0 Å². The summed E-state index contributed by atoms with van der Waals surface area (Å²) in [5, 5.41) is 12.4. The van der Waals surface area contributed by atoms with Gasteiger partial charge in [-0.1, -0.05) is 13.8 Å². The van der Waals surface area contributed by atoms with Gasteiger partial charge in [0.05, 0.1) is 0 Å². The van der Waals surface area contributed by atoms with E-state index in [-0.39, 0.29) is 0 Å². The zero-order chi connectivity index (χ0) is 11.8. The van der Waals surface area contributed by atoms with Crippen molar-refractivity contribution in [2.45, 2.75) is 58.0 Å². The molecular weight excluding hydrogens is 200 g/mol. The Morgan fingerprint density at radius 3 is 2.38 bits per heavy atom. The lowest BCUT2D eigenvalue weighted by Crippen LogP contribution is -2.42. The molecule has 16 heavy (non-hydrogen) atoms. The maximum Gasteiger partial charge on any atom is 0.0443 e. The Morgan fingerprint density at radius 1 is 1.19 bits per heavy atom. The molecule has 0 atom stereocenters. The number of aliphatic hydroxyl groups excluding tert-OH is 1. The Morgan fingerprint density at radius 2 is 1.88 bits per heavy atom. The van der Waals surface area contributed by atoms with Crippen molar-refractivity contribution in [3.63, 3.8) is 0 Å². The van der Waals surface area contributed by atoms with Crippen LogP contribution in [0.4, 0.5) is 0 Å². The largest absolute Gasteiger partial charge is 0.396 e. The van der Waals surface area contributed by atoms with E-state index in [4.69, 9.17) is 5.11 Å². The highest BCUT2D eigenvalue weighted by molar-refractivity contribution is 4.82. The van der Waals surface area contributed by atoms with Crippen LogP contribution >= 0.6 is 0 Å². The smallest absolute Gasteiger partial charge is 0.0443 e. The van der Waals surface area contributed by atoms with Gasteiger partial charge < -0.3 is 15.3 Å². The molecule has 0 aliphatic heterocycles. The Kier molecular flexibility index (Phi) is 7.01. The number of nitrogens with one attached hydrogen (secondary N) is 1. The normalized spacial score (nSPS) is 26.2.